The molecule has 1 fully saturated rings. The molecule has 1 saturated carbocycles. The Hall–Kier alpha value is -2.86. The third kappa shape index (κ3) is 4.65. The van der Waals surface area contributed by atoms with Crippen molar-refractivity contribution in [3.05, 3.63) is 69.9 Å². The van der Waals surface area contributed by atoms with Gasteiger partial charge in [-0.05, 0) is 48.6 Å². The standard InChI is InChI=1S/C23H24ClNO5/c24-20-13-17(16-5-1-2-6-16)9-10-21(20)29-12-4-11-28-19-8-3-7-18(14-19)25-22(26)15-30-23(25)27/h3,7-10,13-16,26H,1-2,4-6,11-12H2. The lowest BCUT2D eigenvalue weighted by atomic mass is 9.98. The average molecular weight is 430 g/mol. The Balaban J connectivity index is 1.27. The van der Waals surface area contributed by atoms with E-state index in [0.29, 0.717) is 47.8 Å². The lowest BCUT2D eigenvalue weighted by Gasteiger charge is -2.13. The van der Waals surface area contributed by atoms with Crippen LogP contribution in [-0.2, 0) is 0 Å². The third-order valence-corrected chi connectivity index (χ3v) is 5.65. The topological polar surface area (TPSA) is 73.8 Å². The highest BCUT2D eigenvalue weighted by molar-refractivity contribution is 6.32. The van der Waals surface area contributed by atoms with Crippen molar-refractivity contribution < 1.29 is 19.0 Å². The van der Waals surface area contributed by atoms with Crippen LogP contribution in [0.1, 0.15) is 43.6 Å². The summed E-state index contributed by atoms with van der Waals surface area (Å²) in [6.07, 6.45) is 6.74. The van der Waals surface area contributed by atoms with Gasteiger partial charge in [-0.1, -0.05) is 36.6 Å². The van der Waals surface area contributed by atoms with E-state index in [-0.39, 0.29) is 5.88 Å². The number of aromatic hydroxyl groups is 1. The lowest BCUT2D eigenvalue weighted by molar-refractivity contribution is 0.247. The number of rotatable bonds is 8. The van der Waals surface area contributed by atoms with E-state index in [1.807, 2.05) is 12.1 Å². The van der Waals surface area contributed by atoms with Crippen LogP contribution in [0.15, 0.2) is 57.9 Å². The Morgan fingerprint density at radius 2 is 1.90 bits per heavy atom. The number of halogens is 1. The summed E-state index contributed by atoms with van der Waals surface area (Å²) in [4.78, 5) is 11.7. The Kier molecular flexibility index (Phi) is 6.33. The summed E-state index contributed by atoms with van der Waals surface area (Å²) in [7, 11) is 0. The molecule has 0 radical (unpaired) electrons. The number of hydrogen-bond donors (Lipinski definition) is 1. The highest BCUT2D eigenvalue weighted by atomic mass is 35.5. The summed E-state index contributed by atoms with van der Waals surface area (Å²) in [5, 5.41) is 10.4. The predicted molar refractivity (Wildman–Crippen MR) is 114 cm³/mol. The van der Waals surface area contributed by atoms with Crippen LogP contribution in [0, 0.1) is 0 Å². The SMILES string of the molecule is O=c1occ(O)n1-c1cccc(OCCCOc2ccc(C3CCCC3)cc2Cl)c1. The molecule has 2 aromatic carbocycles. The molecule has 1 N–H and O–H groups in total. The summed E-state index contributed by atoms with van der Waals surface area (Å²) in [6.45, 7) is 0.914. The maximum Gasteiger partial charge on any atom is 0.426 e. The van der Waals surface area contributed by atoms with Gasteiger partial charge in [-0.2, -0.15) is 0 Å². The van der Waals surface area contributed by atoms with Gasteiger partial charge in [0.1, 0.15) is 11.5 Å². The maximum absolute atomic E-state index is 11.7. The highest BCUT2D eigenvalue weighted by Gasteiger charge is 2.18. The van der Waals surface area contributed by atoms with Crippen molar-refractivity contribution in [3.8, 4) is 23.1 Å². The molecule has 1 heterocycles. The molecule has 0 bridgehead atoms. The smallest absolute Gasteiger partial charge is 0.426 e. The van der Waals surface area contributed by atoms with Gasteiger partial charge in [0.15, 0.2) is 6.26 Å². The average Bonchev–Trinajstić information content (AvgIpc) is 3.39. The van der Waals surface area contributed by atoms with Crippen LogP contribution in [0.4, 0.5) is 0 Å². The molecule has 6 nitrogen and oxygen atoms in total. The Morgan fingerprint density at radius 3 is 2.63 bits per heavy atom. The molecule has 1 aliphatic rings. The number of aromatic nitrogens is 1. The van der Waals surface area contributed by atoms with E-state index >= 15 is 0 Å². The van der Waals surface area contributed by atoms with Crippen molar-refractivity contribution in [2.45, 2.75) is 38.0 Å². The molecule has 0 aliphatic heterocycles. The fraction of sp³-hybridized carbons (Fsp3) is 0.348. The Bertz CT molecular complexity index is 1050. The summed E-state index contributed by atoms with van der Waals surface area (Å²) in [5.41, 5.74) is 1.77. The maximum atomic E-state index is 11.7. The molecule has 0 atom stereocenters. The van der Waals surface area contributed by atoms with Crippen LogP contribution in [0.3, 0.4) is 0 Å². The lowest BCUT2D eigenvalue weighted by Crippen LogP contribution is -2.11. The van der Waals surface area contributed by atoms with Crippen molar-refractivity contribution in [2.24, 2.45) is 0 Å². The second kappa shape index (κ2) is 9.30. The van der Waals surface area contributed by atoms with E-state index in [1.54, 1.807) is 24.3 Å². The Labute approximate surface area is 179 Å². The van der Waals surface area contributed by atoms with E-state index < -0.39 is 5.76 Å². The van der Waals surface area contributed by atoms with Gasteiger partial charge in [0, 0.05) is 12.5 Å². The van der Waals surface area contributed by atoms with Crippen LogP contribution in [0.2, 0.25) is 5.02 Å². The number of hydrogen-bond acceptors (Lipinski definition) is 5. The van der Waals surface area contributed by atoms with Gasteiger partial charge in [-0.15, -0.1) is 0 Å². The highest BCUT2D eigenvalue weighted by Crippen LogP contribution is 2.37. The largest absolute Gasteiger partial charge is 0.493 e. The first-order valence-electron chi connectivity index (χ1n) is 10.2. The zero-order chi connectivity index (χ0) is 20.9. The first kappa shape index (κ1) is 20.4. The molecule has 0 spiro atoms. The number of ether oxygens (including phenoxy) is 2. The second-order valence-electron chi connectivity index (χ2n) is 7.41. The van der Waals surface area contributed by atoms with Crippen molar-refractivity contribution in [2.75, 3.05) is 13.2 Å². The van der Waals surface area contributed by atoms with E-state index in [4.69, 9.17) is 21.1 Å². The van der Waals surface area contributed by atoms with Gasteiger partial charge in [0.05, 0.1) is 23.9 Å². The molecule has 4 rings (SSSR count). The number of benzene rings is 2. The van der Waals surface area contributed by atoms with Gasteiger partial charge in [-0.25, -0.2) is 9.36 Å². The number of nitrogens with zero attached hydrogens (tertiary/aromatic N) is 1. The van der Waals surface area contributed by atoms with Crippen molar-refractivity contribution in [1.82, 2.24) is 4.57 Å². The fourth-order valence-electron chi connectivity index (χ4n) is 3.83. The molecule has 0 amide bonds. The fourth-order valence-corrected chi connectivity index (χ4v) is 4.07. The zero-order valence-electron chi connectivity index (χ0n) is 16.6. The quantitative estimate of drug-likeness (QED) is 0.492. The van der Waals surface area contributed by atoms with E-state index in [0.717, 1.165) is 10.8 Å². The monoisotopic (exact) mass is 429 g/mol. The summed E-state index contributed by atoms with van der Waals surface area (Å²) in [5.74, 6) is 0.977. The molecule has 0 saturated heterocycles. The summed E-state index contributed by atoms with van der Waals surface area (Å²) >= 11 is 6.40. The molecule has 1 aliphatic carbocycles. The minimum Gasteiger partial charge on any atom is -0.493 e. The summed E-state index contributed by atoms with van der Waals surface area (Å²) < 4.78 is 17.3. The van der Waals surface area contributed by atoms with Crippen LogP contribution >= 0.6 is 11.6 Å². The van der Waals surface area contributed by atoms with Gasteiger partial charge in [-0.3, -0.25) is 0 Å². The third-order valence-electron chi connectivity index (χ3n) is 5.35. The van der Waals surface area contributed by atoms with Gasteiger partial charge in [0.2, 0.25) is 5.88 Å². The molecule has 3 aromatic rings. The Morgan fingerprint density at radius 1 is 1.10 bits per heavy atom. The van der Waals surface area contributed by atoms with Crippen LogP contribution in [0.25, 0.3) is 5.69 Å². The minimum absolute atomic E-state index is 0.263. The minimum atomic E-state index is -0.658. The molecule has 7 heteroatoms. The van der Waals surface area contributed by atoms with Crippen LogP contribution < -0.4 is 15.2 Å². The molecule has 0 unspecified atom stereocenters. The van der Waals surface area contributed by atoms with Crippen LogP contribution in [0.5, 0.6) is 17.4 Å². The molecule has 1 aromatic heterocycles. The predicted octanol–water partition coefficient (Wildman–Crippen LogP) is 5.30. The van der Waals surface area contributed by atoms with E-state index in [9.17, 15) is 9.90 Å². The second-order valence-corrected chi connectivity index (χ2v) is 7.82. The summed E-state index contributed by atoms with van der Waals surface area (Å²) in [6, 6.07) is 13.0. The molecular formula is C23H24ClNO5. The van der Waals surface area contributed by atoms with Crippen molar-refractivity contribution in [1.29, 1.82) is 0 Å². The van der Waals surface area contributed by atoms with Gasteiger partial charge < -0.3 is 19.0 Å². The van der Waals surface area contributed by atoms with Crippen molar-refractivity contribution in [3.63, 3.8) is 0 Å². The normalized spacial score (nSPS) is 14.2. The van der Waals surface area contributed by atoms with E-state index in [1.165, 1.54) is 31.2 Å². The molecule has 158 valence electrons. The van der Waals surface area contributed by atoms with Crippen molar-refractivity contribution >= 4 is 11.6 Å². The van der Waals surface area contributed by atoms with Gasteiger partial charge in [0.25, 0.3) is 0 Å². The van der Waals surface area contributed by atoms with Gasteiger partial charge >= 0.3 is 5.76 Å². The number of oxazole rings is 1. The zero-order valence-corrected chi connectivity index (χ0v) is 17.3. The molecular weight excluding hydrogens is 406 g/mol. The van der Waals surface area contributed by atoms with E-state index in [2.05, 4.69) is 10.5 Å². The first-order chi connectivity index (χ1) is 14.6. The van der Waals surface area contributed by atoms with Crippen LogP contribution in [-0.4, -0.2) is 22.9 Å². The first-order valence-corrected chi connectivity index (χ1v) is 10.5. The molecule has 30 heavy (non-hydrogen) atoms.